The first-order valence-corrected chi connectivity index (χ1v) is 7.51. The third-order valence-corrected chi connectivity index (χ3v) is 3.83. The van der Waals surface area contributed by atoms with Gasteiger partial charge in [0, 0.05) is 25.7 Å². The molecule has 0 bridgehead atoms. The largest absolute Gasteiger partial charge is 0.390 e. The Balaban J connectivity index is 0.00000441. The molecule has 0 spiro atoms. The van der Waals surface area contributed by atoms with Crippen molar-refractivity contribution in [2.75, 3.05) is 33.2 Å². The smallest absolute Gasteiger partial charge is 0.356 e. The van der Waals surface area contributed by atoms with Crippen LogP contribution < -0.4 is 10.6 Å². The number of halogens is 4. The molecule has 1 fully saturated rings. The van der Waals surface area contributed by atoms with Gasteiger partial charge in [-0.2, -0.15) is 13.2 Å². The van der Waals surface area contributed by atoms with Crippen molar-refractivity contribution in [3.63, 3.8) is 0 Å². The number of alkyl halides is 3. The molecule has 0 aliphatic carbocycles. The van der Waals surface area contributed by atoms with Crippen molar-refractivity contribution in [3.05, 3.63) is 0 Å². The van der Waals surface area contributed by atoms with E-state index < -0.39 is 12.6 Å². The molecule has 1 aliphatic heterocycles. The molecule has 0 atom stereocenters. The van der Waals surface area contributed by atoms with Gasteiger partial charge in [-0.15, -0.1) is 24.0 Å². The predicted octanol–water partition coefficient (Wildman–Crippen LogP) is 2.99. The fourth-order valence-corrected chi connectivity index (χ4v) is 2.45. The Morgan fingerprint density at radius 3 is 2.18 bits per heavy atom. The van der Waals surface area contributed by atoms with E-state index in [1.165, 1.54) is 19.3 Å². The molecule has 2 N–H and O–H groups in total. The van der Waals surface area contributed by atoms with Crippen molar-refractivity contribution in [2.24, 2.45) is 4.99 Å². The molecular weight excluding hydrogens is 408 g/mol. The van der Waals surface area contributed by atoms with Crippen LogP contribution in [0.5, 0.6) is 0 Å². The van der Waals surface area contributed by atoms with Crippen molar-refractivity contribution in [1.29, 1.82) is 0 Å². The fraction of sp³-hybridized carbons (Fsp3) is 0.929. The Bertz CT molecular complexity index is 339. The van der Waals surface area contributed by atoms with Gasteiger partial charge in [-0.25, -0.2) is 0 Å². The van der Waals surface area contributed by atoms with Gasteiger partial charge in [-0.05, 0) is 39.8 Å². The zero-order valence-corrected chi connectivity index (χ0v) is 15.9. The van der Waals surface area contributed by atoms with Gasteiger partial charge in [0.1, 0.15) is 0 Å². The van der Waals surface area contributed by atoms with Crippen molar-refractivity contribution in [1.82, 2.24) is 15.5 Å². The second-order valence-electron chi connectivity index (χ2n) is 6.08. The first-order chi connectivity index (χ1) is 9.74. The zero-order valence-electron chi connectivity index (χ0n) is 13.6. The maximum absolute atomic E-state index is 12.1. The number of rotatable bonds is 5. The molecule has 0 amide bonds. The van der Waals surface area contributed by atoms with Crippen LogP contribution in [0.2, 0.25) is 0 Å². The van der Waals surface area contributed by atoms with Crippen LogP contribution >= 0.6 is 24.0 Å². The Kier molecular flexibility index (Phi) is 9.68. The number of piperidine rings is 1. The van der Waals surface area contributed by atoms with Gasteiger partial charge in [0.15, 0.2) is 5.96 Å². The Hall–Kier alpha value is -0.250. The summed E-state index contributed by atoms with van der Waals surface area (Å²) in [4.78, 5) is 6.39. The minimum atomic E-state index is -4.14. The van der Waals surface area contributed by atoms with Gasteiger partial charge < -0.3 is 10.6 Å². The third-order valence-electron chi connectivity index (χ3n) is 3.83. The molecule has 1 rings (SSSR count). The normalized spacial score (nSPS) is 17.8. The Labute approximate surface area is 148 Å². The van der Waals surface area contributed by atoms with E-state index in [-0.39, 0.29) is 36.1 Å². The van der Waals surface area contributed by atoms with Crippen LogP contribution in [0.25, 0.3) is 0 Å². The Morgan fingerprint density at radius 1 is 1.09 bits per heavy atom. The lowest BCUT2D eigenvalue weighted by Crippen LogP contribution is -2.55. The molecule has 0 aromatic rings. The molecule has 8 heteroatoms. The molecule has 4 nitrogen and oxygen atoms in total. The minimum Gasteiger partial charge on any atom is -0.356 e. The van der Waals surface area contributed by atoms with Crippen LogP contribution in [0.15, 0.2) is 4.99 Å². The van der Waals surface area contributed by atoms with E-state index in [1.54, 1.807) is 7.05 Å². The molecule has 0 aromatic carbocycles. The SMILES string of the molecule is CN=C(NCCC(F)(F)F)NCC(C)(C)N1CCCCC1.I. The highest BCUT2D eigenvalue weighted by molar-refractivity contribution is 14.0. The van der Waals surface area contributed by atoms with Crippen molar-refractivity contribution in [2.45, 2.75) is 51.2 Å². The van der Waals surface area contributed by atoms with Crippen LogP contribution in [0.1, 0.15) is 39.5 Å². The van der Waals surface area contributed by atoms with E-state index in [0.717, 1.165) is 13.1 Å². The summed E-state index contributed by atoms with van der Waals surface area (Å²) in [5.74, 6) is 0.421. The fourth-order valence-electron chi connectivity index (χ4n) is 2.45. The number of aliphatic imine (C=N–C) groups is 1. The summed E-state index contributed by atoms with van der Waals surface area (Å²) in [6.07, 6.45) is -1.30. The highest BCUT2D eigenvalue weighted by Gasteiger charge is 2.28. The minimum absolute atomic E-state index is 0. The molecule has 1 heterocycles. The van der Waals surface area contributed by atoms with E-state index in [1.807, 2.05) is 0 Å². The van der Waals surface area contributed by atoms with E-state index >= 15 is 0 Å². The number of nitrogens with zero attached hydrogens (tertiary/aromatic N) is 2. The number of guanidine groups is 1. The summed E-state index contributed by atoms with van der Waals surface area (Å²) < 4.78 is 36.4. The molecular formula is C14H28F3IN4. The lowest BCUT2D eigenvalue weighted by molar-refractivity contribution is -0.132. The van der Waals surface area contributed by atoms with Crippen molar-refractivity contribution in [3.8, 4) is 0 Å². The number of likely N-dealkylation sites (tertiary alicyclic amines) is 1. The summed E-state index contributed by atoms with van der Waals surface area (Å²) in [7, 11) is 1.57. The number of hydrogen-bond donors (Lipinski definition) is 2. The molecule has 1 saturated heterocycles. The summed E-state index contributed by atoms with van der Waals surface area (Å²) in [6, 6.07) is 0. The standard InChI is InChI=1S/C14H27F3N4.HI/c1-13(2,21-9-5-4-6-10-21)11-20-12(18-3)19-8-7-14(15,16)17;/h4-11H2,1-3H3,(H2,18,19,20);1H. The van der Waals surface area contributed by atoms with E-state index in [0.29, 0.717) is 12.5 Å². The van der Waals surface area contributed by atoms with Crippen LogP contribution in [-0.2, 0) is 0 Å². The lowest BCUT2D eigenvalue weighted by atomic mass is 9.98. The molecule has 0 aromatic heterocycles. The zero-order chi connectivity index (χ0) is 15.9. The average Bonchev–Trinajstić information content (AvgIpc) is 2.42. The summed E-state index contributed by atoms with van der Waals surface area (Å²) >= 11 is 0. The van der Waals surface area contributed by atoms with E-state index in [4.69, 9.17) is 0 Å². The van der Waals surface area contributed by atoms with Gasteiger partial charge in [-0.1, -0.05) is 6.42 Å². The van der Waals surface area contributed by atoms with Gasteiger partial charge in [0.2, 0.25) is 0 Å². The van der Waals surface area contributed by atoms with Gasteiger partial charge in [0.25, 0.3) is 0 Å². The molecule has 1 aliphatic rings. The van der Waals surface area contributed by atoms with E-state index in [2.05, 4.69) is 34.4 Å². The first-order valence-electron chi connectivity index (χ1n) is 7.51. The quantitative estimate of drug-likeness (QED) is 0.396. The first kappa shape index (κ1) is 21.8. The molecule has 0 saturated carbocycles. The predicted molar refractivity (Wildman–Crippen MR) is 95.0 cm³/mol. The van der Waals surface area contributed by atoms with Gasteiger partial charge in [-0.3, -0.25) is 9.89 Å². The van der Waals surface area contributed by atoms with Crippen LogP contribution in [0.3, 0.4) is 0 Å². The van der Waals surface area contributed by atoms with Crippen LogP contribution in [0, 0.1) is 0 Å². The topological polar surface area (TPSA) is 39.7 Å². The molecule has 22 heavy (non-hydrogen) atoms. The van der Waals surface area contributed by atoms with Crippen molar-refractivity contribution >= 4 is 29.9 Å². The van der Waals surface area contributed by atoms with Gasteiger partial charge in [0.05, 0.1) is 6.42 Å². The molecule has 0 unspecified atom stereocenters. The molecule has 132 valence electrons. The number of nitrogens with one attached hydrogen (secondary N) is 2. The van der Waals surface area contributed by atoms with Crippen molar-refractivity contribution < 1.29 is 13.2 Å². The maximum atomic E-state index is 12.1. The molecule has 0 radical (unpaired) electrons. The highest BCUT2D eigenvalue weighted by atomic mass is 127. The van der Waals surface area contributed by atoms with Crippen LogP contribution in [0.4, 0.5) is 13.2 Å². The summed E-state index contributed by atoms with van der Waals surface area (Å²) in [5.41, 5.74) is -0.0396. The lowest BCUT2D eigenvalue weighted by Gasteiger charge is -2.41. The maximum Gasteiger partial charge on any atom is 0.390 e. The highest BCUT2D eigenvalue weighted by Crippen LogP contribution is 2.20. The van der Waals surface area contributed by atoms with Crippen LogP contribution in [-0.4, -0.2) is 55.8 Å². The second kappa shape index (κ2) is 9.79. The summed E-state index contributed by atoms with van der Waals surface area (Å²) in [5, 5.41) is 5.82. The van der Waals surface area contributed by atoms with E-state index in [9.17, 15) is 13.2 Å². The number of hydrogen-bond acceptors (Lipinski definition) is 2. The monoisotopic (exact) mass is 436 g/mol. The Morgan fingerprint density at radius 2 is 1.68 bits per heavy atom. The third kappa shape index (κ3) is 8.40. The van der Waals surface area contributed by atoms with Gasteiger partial charge >= 0.3 is 6.18 Å². The average molecular weight is 436 g/mol. The second-order valence-corrected chi connectivity index (χ2v) is 6.08. The summed E-state index contributed by atoms with van der Waals surface area (Å²) in [6.45, 7) is 6.94.